The number of ether oxygens (including phenoxy) is 1. The highest BCUT2D eigenvalue weighted by Gasteiger charge is 2.36. The van der Waals surface area contributed by atoms with E-state index in [9.17, 15) is 22.5 Å². The Kier molecular flexibility index (Phi) is 7.16. The van der Waals surface area contributed by atoms with Crippen molar-refractivity contribution in [3.8, 4) is 16.9 Å². The van der Waals surface area contributed by atoms with Crippen molar-refractivity contribution < 1.29 is 32.4 Å². The van der Waals surface area contributed by atoms with Crippen molar-refractivity contribution in [2.75, 3.05) is 7.11 Å². The molecule has 0 spiro atoms. The summed E-state index contributed by atoms with van der Waals surface area (Å²) in [5.41, 5.74) is 0.882. The molecule has 4 nitrogen and oxygen atoms in total. The molecule has 1 atom stereocenters. The van der Waals surface area contributed by atoms with Crippen LogP contribution in [0.15, 0.2) is 65.6 Å². The Morgan fingerprint density at radius 2 is 1.72 bits per heavy atom. The largest absolute Gasteiger partial charge is 0.611 e. The van der Waals surface area contributed by atoms with Crippen LogP contribution >= 0.6 is 0 Å². The second kappa shape index (κ2) is 9.67. The fraction of sp³-hybridized carbons (Fsp3) is 0.208. The van der Waals surface area contributed by atoms with Crippen LogP contribution in [-0.2, 0) is 34.3 Å². The van der Waals surface area contributed by atoms with Gasteiger partial charge in [0.05, 0.1) is 19.1 Å². The van der Waals surface area contributed by atoms with Gasteiger partial charge in [0.2, 0.25) is 0 Å². The molecule has 0 bridgehead atoms. The number of methoxy groups -OCH3 is 1. The van der Waals surface area contributed by atoms with Gasteiger partial charge in [-0.15, -0.1) is 0 Å². The molecule has 8 heteroatoms. The first-order valence-corrected chi connectivity index (χ1v) is 11.0. The standard InChI is InChI=1S/C24H21F3O4S/c1-15-20(24(25,26)27)10-9-18(23(15)32(30)14-16-6-4-3-5-7-16)19-12-17(13-22(28)29)8-11-21(19)31-2/h3-12H,13-14H2,1-2H3,(H,28,29). The zero-order chi connectivity index (χ0) is 23.5. The van der Waals surface area contributed by atoms with Gasteiger partial charge in [-0.2, -0.15) is 13.2 Å². The van der Waals surface area contributed by atoms with Crippen LogP contribution in [-0.4, -0.2) is 22.7 Å². The molecule has 0 aromatic heterocycles. The van der Waals surface area contributed by atoms with Gasteiger partial charge in [-0.3, -0.25) is 4.79 Å². The summed E-state index contributed by atoms with van der Waals surface area (Å²) >= 11 is -1.80. The quantitative estimate of drug-likeness (QED) is 0.463. The molecule has 0 heterocycles. The minimum atomic E-state index is -4.61. The number of carbonyl (C=O) groups is 1. The zero-order valence-corrected chi connectivity index (χ0v) is 18.2. The van der Waals surface area contributed by atoms with E-state index in [1.165, 1.54) is 20.1 Å². The fourth-order valence-electron chi connectivity index (χ4n) is 3.55. The molecule has 0 saturated carbocycles. The lowest BCUT2D eigenvalue weighted by atomic mass is 9.96. The van der Waals surface area contributed by atoms with Crippen molar-refractivity contribution in [1.29, 1.82) is 0 Å². The lowest BCUT2D eigenvalue weighted by Crippen LogP contribution is -2.15. The Labute approximate surface area is 186 Å². The number of carboxylic acid groups (broad SMARTS) is 1. The first-order valence-electron chi connectivity index (χ1n) is 9.64. The maximum atomic E-state index is 13.6. The van der Waals surface area contributed by atoms with E-state index in [1.807, 2.05) is 0 Å². The molecule has 0 amide bonds. The van der Waals surface area contributed by atoms with Gasteiger partial charge in [0.15, 0.2) is 4.90 Å². The summed E-state index contributed by atoms with van der Waals surface area (Å²) in [7, 11) is 1.41. The Morgan fingerprint density at radius 3 is 2.31 bits per heavy atom. The first-order chi connectivity index (χ1) is 15.1. The second-order valence-corrected chi connectivity index (χ2v) is 8.58. The molecule has 0 aliphatic rings. The molecule has 3 aromatic rings. The van der Waals surface area contributed by atoms with Crippen molar-refractivity contribution in [1.82, 2.24) is 0 Å². The number of aliphatic carboxylic acids is 1. The molecule has 0 aliphatic carbocycles. The van der Waals surface area contributed by atoms with Gasteiger partial charge in [-0.05, 0) is 47.9 Å². The van der Waals surface area contributed by atoms with Gasteiger partial charge in [0.1, 0.15) is 11.5 Å². The Balaban J connectivity index is 2.22. The molecule has 0 radical (unpaired) electrons. The van der Waals surface area contributed by atoms with Crippen LogP contribution in [0.25, 0.3) is 11.1 Å². The average Bonchev–Trinajstić information content (AvgIpc) is 2.72. The van der Waals surface area contributed by atoms with Crippen LogP contribution in [0, 0.1) is 6.92 Å². The van der Waals surface area contributed by atoms with E-state index in [1.54, 1.807) is 48.5 Å². The van der Waals surface area contributed by atoms with Crippen molar-refractivity contribution in [3.05, 3.63) is 82.9 Å². The molecule has 1 N–H and O–H groups in total. The van der Waals surface area contributed by atoms with Crippen molar-refractivity contribution in [2.24, 2.45) is 0 Å². The third-order valence-corrected chi connectivity index (χ3v) is 6.57. The van der Waals surface area contributed by atoms with Crippen molar-refractivity contribution in [2.45, 2.75) is 30.2 Å². The van der Waals surface area contributed by atoms with Gasteiger partial charge in [0.25, 0.3) is 0 Å². The predicted octanol–water partition coefficient (Wildman–Crippen LogP) is 5.62. The van der Waals surface area contributed by atoms with Crippen LogP contribution in [0.2, 0.25) is 0 Å². The molecule has 0 fully saturated rings. The number of benzene rings is 3. The van der Waals surface area contributed by atoms with E-state index in [-0.39, 0.29) is 22.6 Å². The van der Waals surface area contributed by atoms with E-state index in [2.05, 4.69) is 0 Å². The number of rotatable bonds is 7. The van der Waals surface area contributed by atoms with Gasteiger partial charge in [-0.25, -0.2) is 0 Å². The van der Waals surface area contributed by atoms with Gasteiger partial charge < -0.3 is 14.4 Å². The smallest absolute Gasteiger partial charge is 0.416 e. The topological polar surface area (TPSA) is 69.6 Å². The molecule has 0 saturated heterocycles. The van der Waals surface area contributed by atoms with Crippen molar-refractivity contribution in [3.63, 3.8) is 0 Å². The minimum absolute atomic E-state index is 0.0348. The SMILES string of the molecule is COc1ccc(CC(=O)O)cc1-c1ccc(C(F)(F)F)c(C)c1[S+]([O-])Cc1ccccc1. The maximum absolute atomic E-state index is 13.6. The molecule has 168 valence electrons. The summed E-state index contributed by atoms with van der Waals surface area (Å²) in [6, 6.07) is 15.8. The van der Waals surface area contributed by atoms with E-state index in [0.29, 0.717) is 22.4 Å². The van der Waals surface area contributed by atoms with Crippen LogP contribution in [0.1, 0.15) is 22.3 Å². The monoisotopic (exact) mass is 462 g/mol. The van der Waals surface area contributed by atoms with Crippen LogP contribution < -0.4 is 4.74 Å². The van der Waals surface area contributed by atoms with E-state index in [4.69, 9.17) is 9.84 Å². The molecule has 3 rings (SSSR count). The molecular formula is C24H21F3O4S. The van der Waals surface area contributed by atoms with Crippen LogP contribution in [0.4, 0.5) is 13.2 Å². The Hall–Kier alpha value is -2.97. The molecule has 1 unspecified atom stereocenters. The van der Waals surface area contributed by atoms with Gasteiger partial charge in [0, 0.05) is 22.3 Å². The minimum Gasteiger partial charge on any atom is -0.611 e. The molecule has 32 heavy (non-hydrogen) atoms. The highest BCUT2D eigenvalue weighted by atomic mass is 32.2. The van der Waals surface area contributed by atoms with Crippen LogP contribution in [0.5, 0.6) is 5.75 Å². The number of halogens is 3. The summed E-state index contributed by atoms with van der Waals surface area (Å²) in [4.78, 5) is 11.2. The zero-order valence-electron chi connectivity index (χ0n) is 17.4. The summed E-state index contributed by atoms with van der Waals surface area (Å²) in [6.45, 7) is 1.30. The maximum Gasteiger partial charge on any atom is 0.416 e. The molecular weight excluding hydrogens is 441 g/mol. The summed E-state index contributed by atoms with van der Waals surface area (Å²) in [5.74, 6) is -0.665. The highest BCUT2D eigenvalue weighted by molar-refractivity contribution is 7.90. The van der Waals surface area contributed by atoms with Gasteiger partial charge >= 0.3 is 12.1 Å². The third-order valence-electron chi connectivity index (χ3n) is 4.99. The lowest BCUT2D eigenvalue weighted by Gasteiger charge is -2.21. The number of hydrogen-bond donors (Lipinski definition) is 1. The lowest BCUT2D eigenvalue weighted by molar-refractivity contribution is -0.138. The summed E-state index contributed by atoms with van der Waals surface area (Å²) < 4.78 is 59.6. The Bertz CT molecular complexity index is 1110. The van der Waals surface area contributed by atoms with E-state index >= 15 is 0 Å². The molecule has 0 aliphatic heterocycles. The van der Waals surface area contributed by atoms with Gasteiger partial charge in [-0.1, -0.05) is 36.4 Å². The third kappa shape index (κ3) is 5.26. The van der Waals surface area contributed by atoms with Crippen molar-refractivity contribution >= 4 is 17.1 Å². The summed E-state index contributed by atoms with van der Waals surface area (Å²) in [6.07, 6.45) is -4.87. The number of hydrogen-bond acceptors (Lipinski definition) is 3. The first kappa shape index (κ1) is 23.7. The fourth-order valence-corrected chi connectivity index (χ4v) is 5.07. The predicted molar refractivity (Wildman–Crippen MR) is 116 cm³/mol. The second-order valence-electron chi connectivity index (χ2n) is 7.19. The number of carboxylic acids is 1. The molecule has 3 aromatic carbocycles. The average molecular weight is 462 g/mol. The van der Waals surface area contributed by atoms with E-state index < -0.39 is 28.9 Å². The van der Waals surface area contributed by atoms with Crippen LogP contribution in [0.3, 0.4) is 0 Å². The summed E-state index contributed by atoms with van der Waals surface area (Å²) in [5, 5.41) is 9.13. The van der Waals surface area contributed by atoms with E-state index in [0.717, 1.165) is 11.6 Å². The Morgan fingerprint density at radius 1 is 1.03 bits per heavy atom. The normalized spacial score (nSPS) is 12.4. The number of alkyl halides is 3. The highest BCUT2D eigenvalue weighted by Crippen LogP contribution is 2.42.